The van der Waals surface area contributed by atoms with E-state index in [2.05, 4.69) is 30.1 Å². The van der Waals surface area contributed by atoms with Gasteiger partial charge in [-0.3, -0.25) is 4.79 Å². The second-order valence-electron chi connectivity index (χ2n) is 13.7. The van der Waals surface area contributed by atoms with E-state index in [0.29, 0.717) is 53.9 Å². The van der Waals surface area contributed by atoms with Gasteiger partial charge < -0.3 is 24.6 Å². The number of anilines is 1. The van der Waals surface area contributed by atoms with Gasteiger partial charge in [0.2, 0.25) is 0 Å². The molecule has 2 aromatic rings. The van der Waals surface area contributed by atoms with E-state index in [-0.39, 0.29) is 44.2 Å². The monoisotopic (exact) mass is 641 g/mol. The molecular formula is C30H43F4N5O4Si. The molecule has 4 rings (SSSR count). The molecule has 2 aliphatic rings. The van der Waals surface area contributed by atoms with Crippen molar-refractivity contribution in [3.63, 3.8) is 0 Å². The number of likely N-dealkylation sites (tertiary alicyclic amines) is 1. The van der Waals surface area contributed by atoms with Gasteiger partial charge in [0.1, 0.15) is 23.7 Å². The molecule has 0 bridgehead atoms. The zero-order valence-corrected chi connectivity index (χ0v) is 27.3. The van der Waals surface area contributed by atoms with Crippen molar-refractivity contribution in [2.75, 3.05) is 24.6 Å². The number of hydrogen-bond acceptors (Lipinski definition) is 7. The van der Waals surface area contributed by atoms with Gasteiger partial charge in [0.15, 0.2) is 0 Å². The summed E-state index contributed by atoms with van der Waals surface area (Å²) in [6.45, 7) is 13.2. The molecule has 0 spiro atoms. The number of benzene rings is 1. The molecule has 0 aliphatic carbocycles. The highest BCUT2D eigenvalue weighted by atomic mass is 28.3. The zero-order chi connectivity index (χ0) is 32.4. The number of hydrogen-bond donors (Lipinski definition) is 1. The van der Waals surface area contributed by atoms with Crippen molar-refractivity contribution in [2.45, 2.75) is 103 Å². The normalized spacial score (nSPS) is 16.4. The molecular weight excluding hydrogens is 598 g/mol. The molecule has 1 aromatic carbocycles. The summed E-state index contributed by atoms with van der Waals surface area (Å²) < 4.78 is 69.2. The molecule has 0 radical (unpaired) electrons. The van der Waals surface area contributed by atoms with Crippen LogP contribution in [-0.2, 0) is 42.0 Å². The van der Waals surface area contributed by atoms with Crippen molar-refractivity contribution in [3.05, 3.63) is 56.8 Å². The van der Waals surface area contributed by atoms with Crippen LogP contribution in [0.5, 0.6) is 0 Å². The number of amides is 1. The number of halogens is 4. The van der Waals surface area contributed by atoms with Crippen molar-refractivity contribution in [1.82, 2.24) is 20.0 Å². The van der Waals surface area contributed by atoms with Gasteiger partial charge in [-0.1, -0.05) is 19.6 Å². The number of fused-ring (bicyclic) bond motifs is 1. The Kier molecular flexibility index (Phi) is 10.2. The standard InChI is InChI=1S/C30H43F4N5O4Si/c1-29(2,3)43-28(41)37-9-7-23(8-10-37)35-15-20-13-21-17-38(18-22(21)14-24(20)31)25-16-36-39(19-42-11-12-44(4,5)6)27(40)26(25)30(32,33)34/h13-14,16,23,35H,7-12,15,17-19H2,1-6H3. The summed E-state index contributed by atoms with van der Waals surface area (Å²) in [6, 6.07) is 3.90. The second kappa shape index (κ2) is 13.2. The Morgan fingerprint density at radius 2 is 1.73 bits per heavy atom. The van der Waals surface area contributed by atoms with Crippen molar-refractivity contribution < 1.29 is 31.8 Å². The molecule has 0 unspecified atom stereocenters. The lowest BCUT2D eigenvalue weighted by Crippen LogP contribution is -2.46. The first-order valence-corrected chi connectivity index (χ1v) is 18.6. The fourth-order valence-electron chi connectivity index (χ4n) is 5.23. The number of nitrogens with zero attached hydrogens (tertiary/aromatic N) is 4. The van der Waals surface area contributed by atoms with Crippen molar-refractivity contribution >= 4 is 19.9 Å². The van der Waals surface area contributed by atoms with Gasteiger partial charge in [-0.25, -0.2) is 13.9 Å². The van der Waals surface area contributed by atoms with Crippen molar-refractivity contribution in [1.29, 1.82) is 0 Å². The van der Waals surface area contributed by atoms with Gasteiger partial charge >= 0.3 is 12.3 Å². The minimum Gasteiger partial charge on any atom is -0.444 e. The van der Waals surface area contributed by atoms with Crippen LogP contribution in [0.1, 0.15) is 55.9 Å². The number of ether oxygens (including phenoxy) is 2. The number of rotatable bonds is 9. The lowest BCUT2D eigenvalue weighted by molar-refractivity contribution is -0.138. The summed E-state index contributed by atoms with van der Waals surface area (Å²) in [5.41, 5.74) is -1.84. The SMILES string of the molecule is CC(C)(C)OC(=O)N1CCC(NCc2cc3c(cc2F)CN(c2cnn(COCC[Si](C)(C)C)c(=O)c2C(F)(F)F)C3)CC1. The highest BCUT2D eigenvalue weighted by Crippen LogP contribution is 2.37. The average molecular weight is 642 g/mol. The second-order valence-corrected chi connectivity index (χ2v) is 19.4. The molecule has 0 atom stereocenters. The maximum atomic E-state index is 15.1. The van der Waals surface area contributed by atoms with Crippen LogP contribution >= 0.6 is 0 Å². The Labute approximate surface area is 256 Å². The van der Waals surface area contributed by atoms with E-state index in [1.807, 2.05) is 20.8 Å². The minimum absolute atomic E-state index is 0.0179. The van der Waals surface area contributed by atoms with E-state index in [1.165, 1.54) is 11.0 Å². The fourth-order valence-corrected chi connectivity index (χ4v) is 5.99. The number of carbonyl (C=O) groups excluding carboxylic acids is 1. The summed E-state index contributed by atoms with van der Waals surface area (Å²) in [7, 11) is -1.41. The lowest BCUT2D eigenvalue weighted by Gasteiger charge is -2.33. The zero-order valence-electron chi connectivity index (χ0n) is 26.3. The molecule has 1 aromatic heterocycles. The Balaban J connectivity index is 1.40. The Morgan fingerprint density at radius 1 is 1.09 bits per heavy atom. The van der Waals surface area contributed by atoms with Gasteiger partial charge in [-0.15, -0.1) is 0 Å². The Morgan fingerprint density at radius 3 is 2.32 bits per heavy atom. The minimum atomic E-state index is -4.91. The Bertz CT molecular complexity index is 1400. The number of aromatic nitrogens is 2. The Hall–Kier alpha value is -2.97. The van der Waals surface area contributed by atoms with E-state index in [9.17, 15) is 22.8 Å². The topological polar surface area (TPSA) is 88.9 Å². The molecule has 244 valence electrons. The van der Waals surface area contributed by atoms with Crippen molar-refractivity contribution in [3.8, 4) is 0 Å². The maximum absolute atomic E-state index is 15.1. The smallest absolute Gasteiger partial charge is 0.423 e. The van der Waals surface area contributed by atoms with Crippen LogP contribution in [0, 0.1) is 5.82 Å². The molecule has 2 aliphatic heterocycles. The molecule has 0 saturated carbocycles. The third-order valence-electron chi connectivity index (χ3n) is 7.68. The molecule has 1 fully saturated rings. The number of nitrogens with one attached hydrogen (secondary N) is 1. The van der Waals surface area contributed by atoms with Crippen LogP contribution in [0.25, 0.3) is 0 Å². The van der Waals surface area contributed by atoms with E-state index in [4.69, 9.17) is 9.47 Å². The number of carbonyl (C=O) groups is 1. The predicted octanol–water partition coefficient (Wildman–Crippen LogP) is 5.72. The number of alkyl halides is 3. The lowest BCUT2D eigenvalue weighted by atomic mass is 10.0. The van der Waals surface area contributed by atoms with Crippen LogP contribution in [0.4, 0.5) is 28.0 Å². The van der Waals surface area contributed by atoms with Gasteiger partial charge in [0, 0.05) is 59.0 Å². The van der Waals surface area contributed by atoms with Crippen LogP contribution in [0.3, 0.4) is 0 Å². The van der Waals surface area contributed by atoms with E-state index in [1.54, 1.807) is 11.0 Å². The van der Waals surface area contributed by atoms with Crippen molar-refractivity contribution in [2.24, 2.45) is 0 Å². The molecule has 14 heteroatoms. The highest BCUT2D eigenvalue weighted by Gasteiger charge is 2.40. The van der Waals surface area contributed by atoms with Gasteiger partial charge in [0.05, 0.1) is 11.9 Å². The first-order valence-electron chi connectivity index (χ1n) is 14.9. The van der Waals surface area contributed by atoms with Crippen LogP contribution in [0.15, 0.2) is 23.1 Å². The van der Waals surface area contributed by atoms with E-state index < -0.39 is 36.8 Å². The van der Waals surface area contributed by atoms with Crippen LogP contribution in [-0.4, -0.2) is 60.2 Å². The highest BCUT2D eigenvalue weighted by molar-refractivity contribution is 6.76. The first kappa shape index (κ1) is 33.9. The summed E-state index contributed by atoms with van der Waals surface area (Å²) in [6.07, 6.45) is -2.86. The third-order valence-corrected chi connectivity index (χ3v) is 9.38. The van der Waals surface area contributed by atoms with Gasteiger partial charge in [-0.2, -0.15) is 18.3 Å². The van der Waals surface area contributed by atoms with Crippen LogP contribution < -0.4 is 15.8 Å². The molecule has 9 nitrogen and oxygen atoms in total. The van der Waals surface area contributed by atoms with Crippen LogP contribution in [0.2, 0.25) is 25.7 Å². The molecule has 1 saturated heterocycles. The maximum Gasteiger partial charge on any atom is 0.423 e. The molecule has 3 heterocycles. The fraction of sp³-hybridized carbons (Fsp3) is 0.633. The first-order chi connectivity index (χ1) is 20.4. The molecule has 1 N–H and O–H groups in total. The average Bonchev–Trinajstić information content (AvgIpc) is 3.31. The molecule has 44 heavy (non-hydrogen) atoms. The van der Waals surface area contributed by atoms with Gasteiger partial charge in [-0.05, 0) is 62.9 Å². The summed E-state index contributed by atoms with van der Waals surface area (Å²) in [5.74, 6) is -0.454. The summed E-state index contributed by atoms with van der Waals surface area (Å²) >= 11 is 0. The number of piperidine rings is 1. The van der Waals surface area contributed by atoms with E-state index in [0.717, 1.165) is 12.2 Å². The third kappa shape index (κ3) is 8.81. The summed E-state index contributed by atoms with van der Waals surface area (Å²) in [4.78, 5) is 28.3. The van der Waals surface area contributed by atoms with Gasteiger partial charge in [0.25, 0.3) is 5.56 Å². The van der Waals surface area contributed by atoms with E-state index >= 15 is 4.39 Å². The largest absolute Gasteiger partial charge is 0.444 e. The summed E-state index contributed by atoms with van der Waals surface area (Å²) in [5, 5.41) is 7.32. The quantitative estimate of drug-likeness (QED) is 0.213. The predicted molar refractivity (Wildman–Crippen MR) is 162 cm³/mol. The molecule has 1 amide bonds.